The number of hydrogen-bond acceptors (Lipinski definition) is 2. The van der Waals surface area contributed by atoms with Crippen LogP contribution in [0.25, 0.3) is 6.08 Å². The maximum absolute atomic E-state index is 10.8. The van der Waals surface area contributed by atoms with E-state index in [0.29, 0.717) is 5.56 Å². The highest BCUT2D eigenvalue weighted by Crippen LogP contribution is 2.21. The Morgan fingerprint density at radius 3 is 2.87 bits per heavy atom. The van der Waals surface area contributed by atoms with E-state index in [1.165, 1.54) is 0 Å². The fourth-order valence-corrected chi connectivity index (χ4v) is 1.49. The highest BCUT2D eigenvalue weighted by molar-refractivity contribution is 9.09. The van der Waals surface area contributed by atoms with E-state index in [-0.39, 0.29) is 10.6 Å². The molecule has 0 aliphatic rings. The molecular weight excluding hydrogens is 258 g/mol. The molecule has 0 amide bonds. The lowest BCUT2D eigenvalue weighted by Crippen LogP contribution is -1.92. The van der Waals surface area contributed by atoms with Crippen molar-refractivity contribution in [2.24, 2.45) is 0 Å². The van der Waals surface area contributed by atoms with Crippen LogP contribution in [0.5, 0.6) is 0 Å². The van der Waals surface area contributed by atoms with Crippen molar-refractivity contribution in [3.05, 3.63) is 45.5 Å². The molecule has 80 valence electrons. The average molecular weight is 270 g/mol. The third-order valence-corrected chi connectivity index (χ3v) is 2.41. The van der Waals surface area contributed by atoms with Crippen LogP contribution in [0, 0.1) is 17.0 Å². The molecular formula is C11H12BrNO2. The molecule has 1 aromatic rings. The van der Waals surface area contributed by atoms with Crippen LogP contribution in [0.15, 0.2) is 24.3 Å². The van der Waals surface area contributed by atoms with Gasteiger partial charge in [0.2, 0.25) is 0 Å². The van der Waals surface area contributed by atoms with E-state index in [1.54, 1.807) is 18.2 Å². The summed E-state index contributed by atoms with van der Waals surface area (Å²) in [7, 11) is 0. The molecule has 0 spiro atoms. The number of halogens is 1. The van der Waals surface area contributed by atoms with Gasteiger partial charge >= 0.3 is 0 Å². The van der Waals surface area contributed by atoms with E-state index in [2.05, 4.69) is 15.9 Å². The van der Waals surface area contributed by atoms with Crippen LogP contribution < -0.4 is 0 Å². The molecule has 3 nitrogen and oxygen atoms in total. The van der Waals surface area contributed by atoms with Gasteiger partial charge in [-0.15, -0.1) is 0 Å². The first-order valence-corrected chi connectivity index (χ1v) is 5.75. The molecule has 0 saturated heterocycles. The average Bonchev–Trinajstić information content (AvgIpc) is 2.20. The highest BCUT2D eigenvalue weighted by atomic mass is 79.9. The fraction of sp³-hybridized carbons (Fsp3) is 0.273. The van der Waals surface area contributed by atoms with Gasteiger partial charge in [-0.2, -0.15) is 0 Å². The van der Waals surface area contributed by atoms with E-state index in [0.717, 1.165) is 17.3 Å². The van der Waals surface area contributed by atoms with Gasteiger partial charge < -0.3 is 0 Å². The standard InChI is InChI=1S/C11H12BrNO2/c1-9-5-6-10(4-2-3-7-12)11(8-9)13(14)15/h2,4-6,8H,3,7H2,1H3. The van der Waals surface area contributed by atoms with Gasteiger partial charge in [-0.25, -0.2) is 0 Å². The maximum Gasteiger partial charge on any atom is 0.276 e. The molecule has 4 heteroatoms. The smallest absolute Gasteiger partial charge is 0.258 e. The highest BCUT2D eigenvalue weighted by Gasteiger charge is 2.10. The van der Waals surface area contributed by atoms with Crippen molar-refractivity contribution < 1.29 is 4.92 Å². The molecule has 0 saturated carbocycles. The lowest BCUT2D eigenvalue weighted by Gasteiger charge is -1.98. The molecule has 0 N–H and O–H groups in total. The van der Waals surface area contributed by atoms with E-state index < -0.39 is 0 Å². The van der Waals surface area contributed by atoms with Crippen LogP contribution in [0.4, 0.5) is 5.69 Å². The Kier molecular flexibility index (Phi) is 4.49. The van der Waals surface area contributed by atoms with Gasteiger partial charge in [0, 0.05) is 11.4 Å². The molecule has 0 radical (unpaired) electrons. The molecule has 0 fully saturated rings. The summed E-state index contributed by atoms with van der Waals surface area (Å²) in [5.41, 5.74) is 1.73. The number of nitro groups is 1. The van der Waals surface area contributed by atoms with E-state index in [1.807, 2.05) is 19.1 Å². The lowest BCUT2D eigenvalue weighted by molar-refractivity contribution is -0.385. The van der Waals surface area contributed by atoms with Crippen molar-refractivity contribution >= 4 is 27.7 Å². The van der Waals surface area contributed by atoms with Crippen LogP contribution in [-0.2, 0) is 0 Å². The number of nitro benzene ring substituents is 1. The van der Waals surface area contributed by atoms with Crippen LogP contribution >= 0.6 is 15.9 Å². The van der Waals surface area contributed by atoms with E-state index in [9.17, 15) is 10.1 Å². The molecule has 0 aliphatic carbocycles. The molecule has 0 unspecified atom stereocenters. The van der Waals surface area contributed by atoms with Gasteiger partial charge in [-0.1, -0.05) is 34.1 Å². The first kappa shape index (κ1) is 11.9. The summed E-state index contributed by atoms with van der Waals surface area (Å²) in [6.45, 7) is 1.85. The minimum atomic E-state index is -0.346. The Morgan fingerprint density at radius 2 is 2.27 bits per heavy atom. The van der Waals surface area contributed by atoms with Crippen LogP contribution in [0.3, 0.4) is 0 Å². The van der Waals surface area contributed by atoms with Crippen molar-refractivity contribution in [2.45, 2.75) is 13.3 Å². The first-order chi connectivity index (χ1) is 7.15. The number of aryl methyl sites for hydroxylation is 1. The number of rotatable bonds is 4. The minimum absolute atomic E-state index is 0.167. The molecule has 0 bridgehead atoms. The molecule has 0 aliphatic heterocycles. The summed E-state index contributed by atoms with van der Waals surface area (Å²) in [6.07, 6.45) is 4.58. The van der Waals surface area contributed by atoms with Crippen molar-refractivity contribution in [2.75, 3.05) is 5.33 Å². The lowest BCUT2D eigenvalue weighted by atomic mass is 10.1. The molecule has 0 aromatic heterocycles. The Hall–Kier alpha value is -1.16. The fourth-order valence-electron chi connectivity index (χ4n) is 1.23. The zero-order valence-electron chi connectivity index (χ0n) is 8.44. The van der Waals surface area contributed by atoms with E-state index >= 15 is 0 Å². The van der Waals surface area contributed by atoms with Crippen molar-refractivity contribution in [3.8, 4) is 0 Å². The second-order valence-corrected chi connectivity index (χ2v) is 3.99. The van der Waals surface area contributed by atoms with Crippen molar-refractivity contribution in [3.63, 3.8) is 0 Å². The Bertz CT molecular complexity index is 388. The van der Waals surface area contributed by atoms with Crippen LogP contribution in [0.1, 0.15) is 17.5 Å². The third-order valence-electron chi connectivity index (χ3n) is 1.96. The van der Waals surface area contributed by atoms with Crippen molar-refractivity contribution in [1.82, 2.24) is 0 Å². The Balaban J connectivity index is 3.01. The van der Waals surface area contributed by atoms with Gasteiger partial charge in [0.25, 0.3) is 5.69 Å². The molecule has 0 heterocycles. The van der Waals surface area contributed by atoms with Crippen molar-refractivity contribution in [1.29, 1.82) is 0 Å². The summed E-state index contributed by atoms with van der Waals surface area (Å²) >= 11 is 3.30. The summed E-state index contributed by atoms with van der Waals surface area (Å²) in [4.78, 5) is 10.4. The number of nitrogens with zero attached hydrogens (tertiary/aromatic N) is 1. The van der Waals surface area contributed by atoms with Gasteiger partial charge in [0.1, 0.15) is 0 Å². The monoisotopic (exact) mass is 269 g/mol. The number of alkyl halides is 1. The maximum atomic E-state index is 10.8. The van der Waals surface area contributed by atoms with Gasteiger partial charge in [0.15, 0.2) is 0 Å². The number of hydrogen-bond donors (Lipinski definition) is 0. The predicted molar refractivity (Wildman–Crippen MR) is 65.3 cm³/mol. The van der Waals surface area contributed by atoms with Crippen LogP contribution in [0.2, 0.25) is 0 Å². The number of allylic oxidation sites excluding steroid dienone is 1. The topological polar surface area (TPSA) is 43.1 Å². The molecule has 15 heavy (non-hydrogen) atoms. The minimum Gasteiger partial charge on any atom is -0.258 e. The summed E-state index contributed by atoms with van der Waals surface area (Å²) < 4.78 is 0. The summed E-state index contributed by atoms with van der Waals surface area (Å²) in [5.74, 6) is 0. The largest absolute Gasteiger partial charge is 0.276 e. The number of benzene rings is 1. The quantitative estimate of drug-likeness (QED) is 0.475. The second-order valence-electron chi connectivity index (χ2n) is 3.20. The Morgan fingerprint density at radius 1 is 1.53 bits per heavy atom. The molecule has 0 atom stereocenters. The van der Waals surface area contributed by atoms with E-state index in [4.69, 9.17) is 0 Å². The second kappa shape index (κ2) is 5.66. The predicted octanol–water partition coefficient (Wildman–Crippen LogP) is 3.70. The summed E-state index contributed by atoms with van der Waals surface area (Å²) in [5, 5.41) is 11.6. The SMILES string of the molecule is Cc1ccc(C=CCCBr)c([N+](=O)[O-])c1. The molecule has 1 aromatic carbocycles. The molecule has 1 rings (SSSR count). The normalized spacial score (nSPS) is 10.8. The van der Waals surface area contributed by atoms with Crippen LogP contribution in [-0.4, -0.2) is 10.3 Å². The third kappa shape index (κ3) is 3.47. The van der Waals surface area contributed by atoms with Gasteiger partial charge in [-0.05, 0) is 25.0 Å². The van der Waals surface area contributed by atoms with Gasteiger partial charge in [0.05, 0.1) is 10.5 Å². The zero-order chi connectivity index (χ0) is 11.3. The summed E-state index contributed by atoms with van der Waals surface area (Å²) in [6, 6.07) is 5.24. The Labute approximate surface area is 97.1 Å². The van der Waals surface area contributed by atoms with Gasteiger partial charge in [-0.3, -0.25) is 10.1 Å². The first-order valence-electron chi connectivity index (χ1n) is 4.62. The zero-order valence-corrected chi connectivity index (χ0v) is 10.0.